The van der Waals surface area contributed by atoms with E-state index in [1.165, 1.54) is 10.9 Å². The van der Waals surface area contributed by atoms with Crippen molar-refractivity contribution in [2.75, 3.05) is 10.9 Å². The minimum absolute atomic E-state index is 0.375. The van der Waals surface area contributed by atoms with Crippen molar-refractivity contribution in [1.29, 1.82) is 0 Å². The molecule has 4 N–H and O–H groups in total. The molecule has 9 heteroatoms. The molecule has 0 unspecified atom stereocenters. The van der Waals surface area contributed by atoms with E-state index in [2.05, 4.69) is 15.2 Å². The summed E-state index contributed by atoms with van der Waals surface area (Å²) in [5.74, 6) is 11.3. The highest BCUT2D eigenvalue weighted by Crippen LogP contribution is 2.24. The summed E-state index contributed by atoms with van der Waals surface area (Å²) in [6.07, 6.45) is 11.8. The first-order valence-corrected chi connectivity index (χ1v) is 8.45. The first kappa shape index (κ1) is 17.4. The molecule has 0 saturated carbocycles. The fraction of sp³-hybridized carbons (Fsp3) is 0.0526. The molecule has 1 amide bonds. The van der Waals surface area contributed by atoms with Gasteiger partial charge in [0.25, 0.3) is 5.91 Å². The standard InChI is InChI=1S/C19H18N8O/c1-25-12-15(11-23-25)17-6-7-22-9-13(17)2-5-19(28)26(20)16-3-4-18-14(8-16)10-24-27(18)21/h2-12H,20-21H2,1H3/b5-2+. The molecule has 140 valence electrons. The molecular weight excluding hydrogens is 356 g/mol. The van der Waals surface area contributed by atoms with Gasteiger partial charge in [-0.3, -0.25) is 14.5 Å². The van der Waals surface area contributed by atoms with E-state index < -0.39 is 0 Å². The van der Waals surface area contributed by atoms with E-state index >= 15 is 0 Å². The maximum atomic E-state index is 12.5. The van der Waals surface area contributed by atoms with Crippen molar-refractivity contribution in [2.24, 2.45) is 12.9 Å². The zero-order chi connectivity index (χ0) is 19.7. The van der Waals surface area contributed by atoms with Crippen molar-refractivity contribution in [1.82, 2.24) is 24.7 Å². The van der Waals surface area contributed by atoms with E-state index in [0.717, 1.165) is 32.6 Å². The number of benzene rings is 1. The van der Waals surface area contributed by atoms with Crippen molar-refractivity contribution in [3.8, 4) is 11.1 Å². The van der Waals surface area contributed by atoms with E-state index in [-0.39, 0.29) is 5.91 Å². The predicted molar refractivity (Wildman–Crippen MR) is 107 cm³/mol. The number of nitrogen functional groups attached to an aromatic ring is 1. The second-order valence-corrected chi connectivity index (χ2v) is 6.24. The number of carbonyl (C=O) groups excluding carboxylic acids is 1. The number of fused-ring (bicyclic) bond motifs is 1. The van der Waals surface area contributed by atoms with Crippen LogP contribution in [0.25, 0.3) is 28.1 Å². The molecule has 3 heterocycles. The number of aryl methyl sites for hydroxylation is 1. The normalized spacial score (nSPS) is 11.4. The Labute approximate surface area is 160 Å². The molecule has 1 aromatic carbocycles. The summed E-state index contributed by atoms with van der Waals surface area (Å²) in [5, 5.41) is 10.0. The average molecular weight is 374 g/mol. The van der Waals surface area contributed by atoms with Crippen molar-refractivity contribution >= 4 is 28.6 Å². The number of nitrogens with zero attached hydrogens (tertiary/aromatic N) is 6. The number of rotatable bonds is 4. The molecule has 0 fully saturated rings. The molecule has 0 bridgehead atoms. The quantitative estimate of drug-likeness (QED) is 0.241. The highest BCUT2D eigenvalue weighted by molar-refractivity contribution is 6.04. The van der Waals surface area contributed by atoms with Crippen LogP contribution in [-0.4, -0.2) is 30.6 Å². The molecule has 4 aromatic rings. The van der Waals surface area contributed by atoms with E-state index in [1.807, 2.05) is 19.3 Å². The van der Waals surface area contributed by atoms with Crippen molar-refractivity contribution in [3.63, 3.8) is 0 Å². The Morgan fingerprint density at radius 3 is 2.82 bits per heavy atom. The number of carbonyl (C=O) groups is 1. The fourth-order valence-corrected chi connectivity index (χ4v) is 2.92. The number of hydrogen-bond donors (Lipinski definition) is 2. The first-order valence-electron chi connectivity index (χ1n) is 8.45. The molecular formula is C19H18N8O. The Balaban J connectivity index is 1.58. The topological polar surface area (TPSA) is 121 Å². The Morgan fingerprint density at radius 1 is 1.18 bits per heavy atom. The number of anilines is 1. The van der Waals surface area contributed by atoms with Crippen LogP contribution in [0, 0.1) is 0 Å². The summed E-state index contributed by atoms with van der Waals surface area (Å²) in [5.41, 5.74) is 3.93. The van der Waals surface area contributed by atoms with E-state index in [4.69, 9.17) is 11.7 Å². The molecule has 0 aliphatic carbocycles. The van der Waals surface area contributed by atoms with Crippen LogP contribution in [0.3, 0.4) is 0 Å². The van der Waals surface area contributed by atoms with Crippen LogP contribution in [0.4, 0.5) is 5.69 Å². The van der Waals surface area contributed by atoms with Crippen LogP contribution >= 0.6 is 0 Å². The van der Waals surface area contributed by atoms with Gasteiger partial charge in [0.15, 0.2) is 0 Å². The molecule has 0 atom stereocenters. The number of amides is 1. The second kappa shape index (κ2) is 6.97. The lowest BCUT2D eigenvalue weighted by Crippen LogP contribution is -2.36. The Hall–Kier alpha value is -3.98. The number of aromatic nitrogens is 5. The van der Waals surface area contributed by atoms with Gasteiger partial charge in [0, 0.05) is 48.2 Å². The van der Waals surface area contributed by atoms with E-state index in [9.17, 15) is 4.79 Å². The van der Waals surface area contributed by atoms with Gasteiger partial charge in [-0.15, -0.1) is 0 Å². The zero-order valence-electron chi connectivity index (χ0n) is 15.1. The van der Waals surface area contributed by atoms with Crippen LogP contribution in [0.1, 0.15) is 5.56 Å². The van der Waals surface area contributed by atoms with Gasteiger partial charge in [-0.2, -0.15) is 15.0 Å². The Bertz CT molecular complexity index is 1190. The van der Waals surface area contributed by atoms with Gasteiger partial charge in [0.1, 0.15) is 0 Å². The summed E-state index contributed by atoms with van der Waals surface area (Å²) in [6, 6.07) is 7.10. The van der Waals surface area contributed by atoms with Gasteiger partial charge in [0.2, 0.25) is 0 Å². The molecule has 3 aromatic heterocycles. The second-order valence-electron chi connectivity index (χ2n) is 6.24. The van der Waals surface area contributed by atoms with E-state index in [0.29, 0.717) is 5.69 Å². The third-order valence-corrected chi connectivity index (χ3v) is 4.37. The first-order chi connectivity index (χ1) is 13.5. The van der Waals surface area contributed by atoms with Gasteiger partial charge in [-0.25, -0.2) is 10.9 Å². The molecule has 0 spiro atoms. The number of nitrogens with two attached hydrogens (primary N) is 2. The molecule has 9 nitrogen and oxygen atoms in total. The molecule has 28 heavy (non-hydrogen) atoms. The summed E-state index contributed by atoms with van der Waals surface area (Å²) in [6.45, 7) is 0. The molecule has 0 aliphatic rings. The Morgan fingerprint density at radius 2 is 2.04 bits per heavy atom. The van der Waals surface area contributed by atoms with Crippen molar-refractivity contribution < 1.29 is 4.79 Å². The minimum atomic E-state index is -0.375. The molecule has 0 radical (unpaired) electrons. The minimum Gasteiger partial charge on any atom is -0.323 e. The van der Waals surface area contributed by atoms with E-state index in [1.54, 1.807) is 53.7 Å². The van der Waals surface area contributed by atoms with Crippen molar-refractivity contribution in [2.45, 2.75) is 0 Å². The Kier molecular flexibility index (Phi) is 4.34. The lowest BCUT2D eigenvalue weighted by Gasteiger charge is -2.14. The van der Waals surface area contributed by atoms with Crippen LogP contribution < -0.4 is 16.7 Å². The third kappa shape index (κ3) is 3.21. The van der Waals surface area contributed by atoms with Crippen molar-refractivity contribution in [3.05, 3.63) is 66.9 Å². The monoisotopic (exact) mass is 374 g/mol. The maximum Gasteiger partial charge on any atom is 0.265 e. The van der Waals surface area contributed by atoms with Crippen LogP contribution in [0.2, 0.25) is 0 Å². The lowest BCUT2D eigenvalue weighted by atomic mass is 10.0. The summed E-state index contributed by atoms with van der Waals surface area (Å²) in [7, 11) is 1.85. The van der Waals surface area contributed by atoms with Gasteiger partial charge < -0.3 is 5.84 Å². The SMILES string of the molecule is Cn1cc(-c2ccncc2/C=C/C(=O)N(N)c2ccc3c(cnn3N)c2)cn1. The van der Waals surface area contributed by atoms with Gasteiger partial charge in [0.05, 0.1) is 23.6 Å². The van der Waals surface area contributed by atoms with Gasteiger partial charge >= 0.3 is 0 Å². The predicted octanol–water partition coefficient (Wildman–Crippen LogP) is 1.47. The zero-order valence-corrected chi connectivity index (χ0v) is 15.1. The number of pyridine rings is 1. The van der Waals surface area contributed by atoms with Crippen LogP contribution in [0.5, 0.6) is 0 Å². The molecule has 0 aliphatic heterocycles. The maximum absolute atomic E-state index is 12.5. The fourth-order valence-electron chi connectivity index (χ4n) is 2.92. The number of hydrazine groups is 1. The van der Waals surface area contributed by atoms with Gasteiger partial charge in [-0.1, -0.05) is 0 Å². The number of hydrogen-bond acceptors (Lipinski definition) is 6. The van der Waals surface area contributed by atoms with Crippen LogP contribution in [0.15, 0.2) is 61.3 Å². The largest absolute Gasteiger partial charge is 0.323 e. The highest BCUT2D eigenvalue weighted by atomic mass is 16.2. The van der Waals surface area contributed by atoms with Crippen LogP contribution in [-0.2, 0) is 11.8 Å². The summed E-state index contributed by atoms with van der Waals surface area (Å²) in [4.78, 5) is 17.9. The smallest absolute Gasteiger partial charge is 0.265 e. The summed E-state index contributed by atoms with van der Waals surface area (Å²) < 4.78 is 1.72. The highest BCUT2D eigenvalue weighted by Gasteiger charge is 2.11. The lowest BCUT2D eigenvalue weighted by molar-refractivity contribution is -0.114. The molecule has 0 saturated heterocycles. The third-order valence-electron chi connectivity index (χ3n) is 4.37. The molecule has 4 rings (SSSR count). The van der Waals surface area contributed by atoms with Gasteiger partial charge in [-0.05, 0) is 35.9 Å². The average Bonchev–Trinajstić information content (AvgIpc) is 3.31. The summed E-state index contributed by atoms with van der Waals surface area (Å²) >= 11 is 0.